The first-order valence-corrected chi connectivity index (χ1v) is 8.39. The van der Waals surface area contributed by atoms with Gasteiger partial charge in [-0.05, 0) is 28.8 Å². The predicted octanol–water partition coefficient (Wildman–Crippen LogP) is 4.16. The van der Waals surface area contributed by atoms with Crippen molar-refractivity contribution in [2.75, 3.05) is 7.11 Å². The molecule has 0 saturated carbocycles. The molecule has 1 aliphatic rings. The number of ketones is 1. The van der Waals surface area contributed by atoms with Gasteiger partial charge >= 0.3 is 0 Å². The van der Waals surface area contributed by atoms with E-state index in [1.165, 1.54) is 12.1 Å². The largest absolute Gasteiger partial charge is 0.507 e. The Kier molecular flexibility index (Phi) is 3.98. The van der Waals surface area contributed by atoms with Crippen molar-refractivity contribution >= 4 is 5.78 Å². The number of phenols is 2. The maximum absolute atomic E-state index is 13.0. The zero-order valence-electron chi connectivity index (χ0n) is 14.2. The number of methoxy groups -OCH3 is 1. The summed E-state index contributed by atoms with van der Waals surface area (Å²) in [6, 6.07) is 19.8. The van der Waals surface area contributed by atoms with Crippen molar-refractivity contribution in [3.63, 3.8) is 0 Å². The molecule has 26 heavy (non-hydrogen) atoms. The van der Waals surface area contributed by atoms with E-state index in [9.17, 15) is 15.0 Å². The van der Waals surface area contributed by atoms with Crippen LogP contribution < -0.4 is 0 Å². The highest BCUT2D eigenvalue weighted by Crippen LogP contribution is 2.48. The van der Waals surface area contributed by atoms with E-state index in [4.69, 9.17) is 4.74 Å². The number of benzene rings is 3. The van der Waals surface area contributed by atoms with E-state index in [1.54, 1.807) is 19.2 Å². The second-order valence-corrected chi connectivity index (χ2v) is 6.36. The summed E-state index contributed by atoms with van der Waals surface area (Å²) >= 11 is 0. The van der Waals surface area contributed by atoms with Gasteiger partial charge in [0.2, 0.25) is 5.78 Å². The number of phenolic OH excluding ortho intramolecular Hbond substituents is 2. The van der Waals surface area contributed by atoms with Crippen LogP contribution in [0.15, 0.2) is 66.7 Å². The molecule has 1 unspecified atom stereocenters. The fraction of sp³-hybridized carbons (Fsp3) is 0.136. The summed E-state index contributed by atoms with van der Waals surface area (Å²) in [4.78, 5) is 13.0. The summed E-state index contributed by atoms with van der Waals surface area (Å²) in [6.07, 6.45) is -0.370. The first-order chi connectivity index (χ1) is 12.6. The lowest BCUT2D eigenvalue weighted by molar-refractivity contribution is 0.0856. The van der Waals surface area contributed by atoms with E-state index in [1.807, 2.05) is 42.5 Å². The molecule has 0 heterocycles. The van der Waals surface area contributed by atoms with Crippen LogP contribution in [0.25, 0.3) is 0 Å². The van der Waals surface area contributed by atoms with Gasteiger partial charge in [0.1, 0.15) is 11.5 Å². The van der Waals surface area contributed by atoms with E-state index in [0.29, 0.717) is 11.1 Å². The molecule has 0 amide bonds. The quantitative estimate of drug-likeness (QED) is 0.747. The number of carbonyl (C=O) groups is 1. The first-order valence-electron chi connectivity index (χ1n) is 8.39. The summed E-state index contributed by atoms with van der Waals surface area (Å²) < 4.78 is 5.83. The Morgan fingerprint density at radius 1 is 0.808 bits per heavy atom. The molecule has 4 rings (SSSR count). The Labute approximate surface area is 151 Å². The second-order valence-electron chi connectivity index (χ2n) is 6.36. The SMILES string of the molecule is COC(c1ccccc1)C1c2cccc(O)c2C(=O)c2c(O)cccc21. The Hall–Kier alpha value is -3.11. The van der Waals surface area contributed by atoms with Gasteiger partial charge in [0.25, 0.3) is 0 Å². The molecule has 0 spiro atoms. The lowest BCUT2D eigenvalue weighted by Crippen LogP contribution is -2.25. The van der Waals surface area contributed by atoms with Crippen LogP contribution in [0.1, 0.15) is 44.6 Å². The maximum atomic E-state index is 13.0. The van der Waals surface area contributed by atoms with Gasteiger partial charge in [0.15, 0.2) is 0 Å². The molecule has 1 aliphatic carbocycles. The van der Waals surface area contributed by atoms with Crippen LogP contribution in [0.5, 0.6) is 11.5 Å². The monoisotopic (exact) mass is 346 g/mol. The topological polar surface area (TPSA) is 66.8 Å². The molecule has 0 radical (unpaired) electrons. The molecule has 1 atom stereocenters. The molecular weight excluding hydrogens is 328 g/mol. The fourth-order valence-electron chi connectivity index (χ4n) is 3.85. The van der Waals surface area contributed by atoms with Crippen LogP contribution in [0.4, 0.5) is 0 Å². The number of hydrogen-bond acceptors (Lipinski definition) is 4. The van der Waals surface area contributed by atoms with Crippen LogP contribution in [0.3, 0.4) is 0 Å². The van der Waals surface area contributed by atoms with Gasteiger partial charge in [-0.15, -0.1) is 0 Å². The fourth-order valence-corrected chi connectivity index (χ4v) is 3.85. The van der Waals surface area contributed by atoms with Crippen molar-refractivity contribution < 1.29 is 19.7 Å². The third-order valence-electron chi connectivity index (χ3n) is 4.96. The molecule has 0 bridgehead atoms. The molecular formula is C22H18O4. The Bertz CT molecular complexity index is 923. The van der Waals surface area contributed by atoms with E-state index in [2.05, 4.69) is 0 Å². The molecule has 0 fully saturated rings. The smallest absolute Gasteiger partial charge is 0.201 e. The number of rotatable bonds is 3. The highest BCUT2D eigenvalue weighted by molar-refractivity contribution is 6.16. The molecule has 2 N–H and O–H groups in total. The van der Waals surface area contributed by atoms with Gasteiger partial charge < -0.3 is 14.9 Å². The van der Waals surface area contributed by atoms with Crippen molar-refractivity contribution in [3.8, 4) is 11.5 Å². The third kappa shape index (κ3) is 2.38. The minimum absolute atomic E-state index is 0.0886. The van der Waals surface area contributed by atoms with Crippen LogP contribution in [0, 0.1) is 0 Å². The summed E-state index contributed by atoms with van der Waals surface area (Å²) in [5.74, 6) is -0.877. The highest BCUT2D eigenvalue weighted by Gasteiger charge is 2.39. The molecule has 3 aromatic rings. The minimum atomic E-state index is -0.370. The van der Waals surface area contributed by atoms with Crippen molar-refractivity contribution in [2.45, 2.75) is 12.0 Å². The average molecular weight is 346 g/mol. The molecule has 0 aliphatic heterocycles. The summed E-state index contributed by atoms with van der Waals surface area (Å²) in [5.41, 5.74) is 2.81. The number of aromatic hydroxyl groups is 2. The maximum Gasteiger partial charge on any atom is 0.201 e. The van der Waals surface area contributed by atoms with Crippen molar-refractivity contribution in [3.05, 3.63) is 94.5 Å². The number of carbonyl (C=O) groups excluding carboxylic acids is 1. The summed E-state index contributed by atoms with van der Waals surface area (Å²) in [7, 11) is 1.62. The van der Waals surface area contributed by atoms with E-state index < -0.39 is 0 Å². The van der Waals surface area contributed by atoms with Crippen molar-refractivity contribution in [2.24, 2.45) is 0 Å². The first kappa shape index (κ1) is 16.4. The lowest BCUT2D eigenvalue weighted by Gasteiger charge is -2.33. The average Bonchev–Trinajstić information content (AvgIpc) is 2.65. The van der Waals surface area contributed by atoms with Gasteiger partial charge in [-0.2, -0.15) is 0 Å². The van der Waals surface area contributed by atoms with Crippen LogP contribution in [0.2, 0.25) is 0 Å². The van der Waals surface area contributed by atoms with E-state index in [0.717, 1.165) is 5.56 Å². The van der Waals surface area contributed by atoms with E-state index in [-0.39, 0.29) is 40.4 Å². The molecule has 0 saturated heterocycles. The summed E-state index contributed by atoms with van der Waals surface area (Å²) in [6.45, 7) is 0. The molecule has 3 aromatic carbocycles. The number of ether oxygens (including phenoxy) is 1. The van der Waals surface area contributed by atoms with E-state index >= 15 is 0 Å². The predicted molar refractivity (Wildman–Crippen MR) is 97.7 cm³/mol. The molecule has 4 nitrogen and oxygen atoms in total. The lowest BCUT2D eigenvalue weighted by atomic mass is 9.73. The number of hydrogen-bond donors (Lipinski definition) is 2. The van der Waals surface area contributed by atoms with Crippen LogP contribution in [-0.2, 0) is 4.74 Å². The minimum Gasteiger partial charge on any atom is -0.507 e. The summed E-state index contributed by atoms with van der Waals surface area (Å²) in [5, 5.41) is 20.7. The molecule has 4 heteroatoms. The highest BCUT2D eigenvalue weighted by atomic mass is 16.5. The molecule has 130 valence electrons. The van der Waals surface area contributed by atoms with Crippen molar-refractivity contribution in [1.82, 2.24) is 0 Å². The number of fused-ring (bicyclic) bond motifs is 2. The van der Waals surface area contributed by atoms with Gasteiger partial charge in [-0.1, -0.05) is 54.6 Å². The van der Waals surface area contributed by atoms with Crippen molar-refractivity contribution in [1.29, 1.82) is 0 Å². The van der Waals surface area contributed by atoms with Gasteiger partial charge in [0.05, 0.1) is 17.2 Å². The Morgan fingerprint density at radius 2 is 1.35 bits per heavy atom. The van der Waals surface area contributed by atoms with Crippen LogP contribution >= 0.6 is 0 Å². The Balaban J connectivity index is 2.01. The van der Waals surface area contributed by atoms with Gasteiger partial charge in [0, 0.05) is 13.0 Å². The van der Waals surface area contributed by atoms with Gasteiger partial charge in [-0.25, -0.2) is 0 Å². The second kappa shape index (κ2) is 6.32. The van der Waals surface area contributed by atoms with Gasteiger partial charge in [-0.3, -0.25) is 4.79 Å². The third-order valence-corrected chi connectivity index (χ3v) is 4.96. The normalized spacial score (nSPS) is 14.6. The zero-order chi connectivity index (χ0) is 18.3. The zero-order valence-corrected chi connectivity index (χ0v) is 14.2. The Morgan fingerprint density at radius 3 is 1.85 bits per heavy atom. The molecule has 0 aromatic heterocycles. The van der Waals surface area contributed by atoms with Crippen LogP contribution in [-0.4, -0.2) is 23.1 Å². The standard InChI is InChI=1S/C22H18O4/c1-26-22(13-7-3-2-4-8-13)18-14-9-5-11-16(23)19(14)21(25)20-15(18)10-6-12-17(20)24/h2-12,18,22-24H,1H3.